The highest BCUT2D eigenvalue weighted by Gasteiger charge is 2.01. The van der Waals surface area contributed by atoms with Crippen LogP contribution >= 0.6 is 23.2 Å². The van der Waals surface area contributed by atoms with Crippen molar-refractivity contribution in [2.45, 2.75) is 6.92 Å². The van der Waals surface area contributed by atoms with Crippen molar-refractivity contribution >= 4 is 40.5 Å². The van der Waals surface area contributed by atoms with Gasteiger partial charge in [-0.05, 0) is 37.3 Å². The van der Waals surface area contributed by atoms with Gasteiger partial charge in [-0.2, -0.15) is 0 Å². The molecule has 3 nitrogen and oxygen atoms in total. The van der Waals surface area contributed by atoms with E-state index in [1.807, 2.05) is 25.1 Å². The van der Waals surface area contributed by atoms with Crippen LogP contribution in [-0.2, 0) is 0 Å². The molecule has 0 saturated heterocycles. The van der Waals surface area contributed by atoms with Gasteiger partial charge >= 0.3 is 0 Å². The van der Waals surface area contributed by atoms with Crippen LogP contribution in [0.1, 0.15) is 6.92 Å². The van der Waals surface area contributed by atoms with Crippen LogP contribution in [0.5, 0.6) is 0 Å². The molecule has 1 heterocycles. The van der Waals surface area contributed by atoms with Gasteiger partial charge in [0.1, 0.15) is 11.6 Å². The van der Waals surface area contributed by atoms with Crippen molar-refractivity contribution in [2.24, 2.45) is 0 Å². The lowest BCUT2D eigenvalue weighted by Gasteiger charge is -2.08. The van der Waals surface area contributed by atoms with Crippen LogP contribution in [0, 0.1) is 0 Å². The summed E-state index contributed by atoms with van der Waals surface area (Å²) in [5.41, 5.74) is 0.814. The average Bonchev–Trinajstić information content (AvgIpc) is 2.28. The Bertz CT molecular complexity index is 523. The molecule has 0 unspecified atom stereocenters. The number of nitrogens with zero attached hydrogens (tertiary/aromatic N) is 1. The molecule has 0 fully saturated rings. The SMILES string of the molecule is CCNc1cccc(Nc2cc(Cl)cc(Cl)c2)n1. The van der Waals surface area contributed by atoms with Gasteiger partial charge < -0.3 is 10.6 Å². The molecule has 94 valence electrons. The van der Waals surface area contributed by atoms with Crippen LogP contribution in [0.4, 0.5) is 17.3 Å². The summed E-state index contributed by atoms with van der Waals surface area (Å²) in [6, 6.07) is 11.0. The number of nitrogens with one attached hydrogen (secondary N) is 2. The molecule has 2 rings (SSSR count). The fourth-order valence-electron chi connectivity index (χ4n) is 1.56. The number of halogens is 2. The van der Waals surface area contributed by atoms with Crippen molar-refractivity contribution < 1.29 is 0 Å². The molecule has 1 aromatic carbocycles. The maximum Gasteiger partial charge on any atom is 0.132 e. The summed E-state index contributed by atoms with van der Waals surface area (Å²) in [7, 11) is 0. The lowest BCUT2D eigenvalue weighted by Crippen LogP contribution is -2.01. The molecule has 0 aliphatic heterocycles. The predicted octanol–water partition coefficient (Wildman–Crippen LogP) is 4.56. The molecule has 2 aromatic rings. The minimum Gasteiger partial charge on any atom is -0.370 e. The van der Waals surface area contributed by atoms with Crippen LogP contribution in [0.15, 0.2) is 36.4 Å². The quantitative estimate of drug-likeness (QED) is 0.862. The zero-order valence-corrected chi connectivity index (χ0v) is 11.4. The molecular formula is C13H13Cl2N3. The largest absolute Gasteiger partial charge is 0.370 e. The summed E-state index contributed by atoms with van der Waals surface area (Å²) in [5.74, 6) is 1.57. The van der Waals surface area contributed by atoms with E-state index in [1.54, 1.807) is 18.2 Å². The Labute approximate surface area is 116 Å². The molecule has 0 aliphatic rings. The number of benzene rings is 1. The first kappa shape index (κ1) is 13.0. The predicted molar refractivity (Wildman–Crippen MR) is 78.1 cm³/mol. The van der Waals surface area contributed by atoms with Crippen LogP contribution < -0.4 is 10.6 Å². The van der Waals surface area contributed by atoms with Gasteiger partial charge in [0.2, 0.25) is 0 Å². The van der Waals surface area contributed by atoms with E-state index in [-0.39, 0.29) is 0 Å². The van der Waals surface area contributed by atoms with E-state index >= 15 is 0 Å². The van der Waals surface area contributed by atoms with Gasteiger partial charge in [-0.3, -0.25) is 0 Å². The maximum atomic E-state index is 5.94. The standard InChI is InChI=1S/C13H13Cl2N3/c1-2-16-12-4-3-5-13(18-12)17-11-7-9(14)6-10(15)8-11/h3-8H,2H2,1H3,(H2,16,17,18). The Hall–Kier alpha value is -1.45. The monoisotopic (exact) mass is 281 g/mol. The third-order valence-electron chi connectivity index (χ3n) is 2.24. The second-order valence-corrected chi connectivity index (χ2v) is 4.59. The van der Waals surface area contributed by atoms with Gasteiger partial charge in [-0.15, -0.1) is 0 Å². The Balaban J connectivity index is 2.20. The minimum atomic E-state index is 0.591. The molecule has 1 aromatic heterocycles. The molecule has 2 N–H and O–H groups in total. The number of anilines is 3. The highest BCUT2D eigenvalue weighted by molar-refractivity contribution is 6.35. The normalized spacial score (nSPS) is 10.2. The molecule has 0 radical (unpaired) electrons. The van der Waals surface area contributed by atoms with Gasteiger partial charge in [0.25, 0.3) is 0 Å². The van der Waals surface area contributed by atoms with Crippen molar-refractivity contribution in [1.29, 1.82) is 0 Å². The summed E-state index contributed by atoms with van der Waals surface area (Å²) in [4.78, 5) is 4.41. The Morgan fingerprint density at radius 3 is 2.39 bits per heavy atom. The smallest absolute Gasteiger partial charge is 0.132 e. The zero-order chi connectivity index (χ0) is 13.0. The minimum absolute atomic E-state index is 0.591. The van der Waals surface area contributed by atoms with Gasteiger partial charge in [-0.1, -0.05) is 29.3 Å². The van der Waals surface area contributed by atoms with E-state index in [4.69, 9.17) is 23.2 Å². The van der Waals surface area contributed by atoms with Crippen LogP contribution in [-0.4, -0.2) is 11.5 Å². The molecule has 0 aliphatic carbocycles. The summed E-state index contributed by atoms with van der Waals surface area (Å²) in [6.07, 6.45) is 0. The molecule has 0 saturated carbocycles. The highest BCUT2D eigenvalue weighted by atomic mass is 35.5. The molecule has 0 spiro atoms. The van der Waals surface area contributed by atoms with Crippen molar-refractivity contribution in [3.8, 4) is 0 Å². The zero-order valence-electron chi connectivity index (χ0n) is 9.87. The van der Waals surface area contributed by atoms with Crippen molar-refractivity contribution in [1.82, 2.24) is 4.98 Å². The second-order valence-electron chi connectivity index (χ2n) is 3.72. The molecular weight excluding hydrogens is 269 g/mol. The maximum absolute atomic E-state index is 5.94. The van der Waals surface area contributed by atoms with Crippen molar-refractivity contribution in [3.63, 3.8) is 0 Å². The summed E-state index contributed by atoms with van der Waals surface area (Å²) >= 11 is 11.9. The summed E-state index contributed by atoms with van der Waals surface area (Å²) in [5, 5.41) is 7.50. The number of rotatable bonds is 4. The molecule has 18 heavy (non-hydrogen) atoms. The number of hydrogen-bond donors (Lipinski definition) is 2. The Kier molecular flexibility index (Phi) is 4.28. The van der Waals surface area contributed by atoms with Crippen molar-refractivity contribution in [3.05, 3.63) is 46.4 Å². The lowest BCUT2D eigenvalue weighted by atomic mass is 10.3. The van der Waals surface area contributed by atoms with E-state index in [0.29, 0.717) is 10.0 Å². The van der Waals surface area contributed by atoms with Gasteiger partial charge in [-0.25, -0.2) is 4.98 Å². The van der Waals surface area contributed by atoms with E-state index in [0.717, 1.165) is 23.9 Å². The lowest BCUT2D eigenvalue weighted by molar-refractivity contribution is 1.16. The topological polar surface area (TPSA) is 37.0 Å². The van der Waals surface area contributed by atoms with Crippen molar-refractivity contribution in [2.75, 3.05) is 17.2 Å². The fraction of sp³-hybridized carbons (Fsp3) is 0.154. The third kappa shape index (κ3) is 3.52. The summed E-state index contributed by atoms with van der Waals surface area (Å²) < 4.78 is 0. The second kappa shape index (κ2) is 5.94. The Morgan fingerprint density at radius 2 is 1.72 bits per heavy atom. The number of pyridine rings is 1. The average molecular weight is 282 g/mol. The molecule has 0 amide bonds. The highest BCUT2D eigenvalue weighted by Crippen LogP contribution is 2.24. The van der Waals surface area contributed by atoms with Crippen LogP contribution in [0.25, 0.3) is 0 Å². The molecule has 0 atom stereocenters. The first-order valence-corrected chi connectivity index (χ1v) is 6.37. The third-order valence-corrected chi connectivity index (χ3v) is 2.68. The van der Waals surface area contributed by atoms with E-state index < -0.39 is 0 Å². The van der Waals surface area contributed by atoms with Gasteiger partial charge in [0.05, 0.1) is 0 Å². The number of hydrogen-bond acceptors (Lipinski definition) is 3. The van der Waals surface area contributed by atoms with E-state index in [1.165, 1.54) is 0 Å². The first-order valence-electron chi connectivity index (χ1n) is 5.61. The van der Waals surface area contributed by atoms with Gasteiger partial charge in [0.15, 0.2) is 0 Å². The molecule has 0 bridgehead atoms. The van der Waals surface area contributed by atoms with E-state index in [2.05, 4.69) is 15.6 Å². The summed E-state index contributed by atoms with van der Waals surface area (Å²) in [6.45, 7) is 2.86. The number of aromatic nitrogens is 1. The molecule has 5 heteroatoms. The fourth-order valence-corrected chi connectivity index (χ4v) is 2.08. The Morgan fingerprint density at radius 1 is 1.06 bits per heavy atom. The van der Waals surface area contributed by atoms with Gasteiger partial charge in [0, 0.05) is 22.3 Å². The first-order chi connectivity index (χ1) is 8.67. The van der Waals surface area contributed by atoms with E-state index in [9.17, 15) is 0 Å². The van der Waals surface area contributed by atoms with Crippen LogP contribution in [0.3, 0.4) is 0 Å². The van der Waals surface area contributed by atoms with Crippen LogP contribution in [0.2, 0.25) is 10.0 Å².